The molecule has 0 aliphatic carbocycles. The molecule has 0 saturated carbocycles. The van der Waals surface area contributed by atoms with Crippen LogP contribution in [0.2, 0.25) is 0 Å². The number of fused-ring (bicyclic) bond motifs is 1. The van der Waals surface area contributed by atoms with Gasteiger partial charge in [-0.1, -0.05) is 86.6 Å². The number of aromatic nitrogens is 4. The normalized spacial score (nSPS) is 13.0. The average Bonchev–Trinajstić information content (AvgIpc) is 3.53. The van der Waals surface area contributed by atoms with Gasteiger partial charge < -0.3 is 4.57 Å². The number of nitrogens with zero attached hydrogens (tertiary/aromatic N) is 5. The van der Waals surface area contributed by atoms with E-state index in [0.717, 1.165) is 53.4 Å². The lowest BCUT2D eigenvalue weighted by Gasteiger charge is -2.30. The van der Waals surface area contributed by atoms with Crippen molar-refractivity contribution in [1.29, 1.82) is 0 Å². The number of imidazole rings is 1. The van der Waals surface area contributed by atoms with Crippen LogP contribution in [0.5, 0.6) is 0 Å². The maximum Gasteiger partial charge on any atom is 0.259 e. The van der Waals surface area contributed by atoms with Crippen LogP contribution in [0, 0.1) is 6.92 Å². The molecule has 39 heavy (non-hydrogen) atoms. The van der Waals surface area contributed by atoms with Crippen molar-refractivity contribution in [3.05, 3.63) is 148 Å². The lowest BCUT2D eigenvalue weighted by molar-refractivity contribution is 0.240. The molecule has 6 rings (SSSR count). The smallest absolute Gasteiger partial charge is 0.259 e. The topological polar surface area (TPSA) is 56.0 Å². The van der Waals surface area contributed by atoms with Crippen LogP contribution in [0.25, 0.3) is 5.69 Å². The van der Waals surface area contributed by atoms with Gasteiger partial charge in [-0.2, -0.15) is 0 Å². The van der Waals surface area contributed by atoms with E-state index in [1.165, 1.54) is 5.56 Å². The van der Waals surface area contributed by atoms with Gasteiger partial charge >= 0.3 is 0 Å². The Labute approximate surface area is 230 Å². The first kappa shape index (κ1) is 26.3. The van der Waals surface area contributed by atoms with E-state index in [9.17, 15) is 4.79 Å². The van der Waals surface area contributed by atoms with Crippen molar-refractivity contribution >= 4 is 0 Å². The van der Waals surface area contributed by atoms with E-state index in [-0.39, 0.29) is 11.6 Å². The van der Waals surface area contributed by atoms with Crippen LogP contribution in [0.1, 0.15) is 53.7 Å². The minimum Gasteiger partial charge on any atom is -0.306 e. The molecule has 0 spiro atoms. The Hall–Kier alpha value is -4.29. The van der Waals surface area contributed by atoms with Gasteiger partial charge in [0.1, 0.15) is 5.82 Å². The minimum absolute atomic E-state index is 0.0559. The molecule has 0 saturated heterocycles. The van der Waals surface area contributed by atoms with E-state index in [2.05, 4.69) is 58.4 Å². The molecule has 0 radical (unpaired) electrons. The van der Waals surface area contributed by atoms with Crippen LogP contribution in [-0.4, -0.2) is 30.5 Å². The van der Waals surface area contributed by atoms with Crippen LogP contribution in [-0.2, 0) is 19.5 Å². The van der Waals surface area contributed by atoms with Gasteiger partial charge in [-0.3, -0.25) is 14.3 Å². The molecule has 1 aliphatic rings. The minimum atomic E-state index is -0.223. The Kier molecular flexibility index (Phi) is 8.13. The molecule has 1 aliphatic heterocycles. The molecule has 0 unspecified atom stereocenters. The number of hydrogen-bond acceptors (Lipinski definition) is 4. The Balaban J connectivity index is 0.00000151. The van der Waals surface area contributed by atoms with E-state index in [1.54, 1.807) is 12.5 Å². The van der Waals surface area contributed by atoms with E-state index < -0.39 is 0 Å². The highest BCUT2D eigenvalue weighted by atomic mass is 16.1. The summed E-state index contributed by atoms with van der Waals surface area (Å²) >= 11 is 0. The number of aryl methyl sites for hydroxylation is 1. The van der Waals surface area contributed by atoms with Crippen LogP contribution >= 0.6 is 0 Å². The summed E-state index contributed by atoms with van der Waals surface area (Å²) in [6.07, 6.45) is 6.30. The Morgan fingerprint density at radius 1 is 0.872 bits per heavy atom. The molecule has 198 valence electrons. The van der Waals surface area contributed by atoms with Crippen LogP contribution in [0.4, 0.5) is 0 Å². The third kappa shape index (κ3) is 5.61. The standard InChI is InChI=1S/C31H29N5O.C2H6/c1-23-33-29-16-18-34(20-24-12-14-27(15-13-24)35-19-17-32-22-35)21-28(29)31(37)36(23)30(25-8-4-2-5-9-25)26-10-6-3-7-11-26;1-2/h2-15,17,19,22,30H,16,18,20-21H2,1H3;1-2H3. The van der Waals surface area contributed by atoms with E-state index in [1.807, 2.05) is 72.5 Å². The molecule has 0 N–H and O–H groups in total. The highest BCUT2D eigenvalue weighted by Crippen LogP contribution is 2.27. The van der Waals surface area contributed by atoms with E-state index in [4.69, 9.17) is 4.98 Å². The summed E-state index contributed by atoms with van der Waals surface area (Å²) in [5.41, 5.74) is 6.26. The van der Waals surface area contributed by atoms with Gasteiger partial charge in [0.2, 0.25) is 0 Å². The second kappa shape index (κ2) is 12.0. The molecular weight excluding hydrogens is 482 g/mol. The van der Waals surface area contributed by atoms with Gasteiger partial charge in [0.25, 0.3) is 5.56 Å². The van der Waals surface area contributed by atoms with Crippen LogP contribution < -0.4 is 5.56 Å². The van der Waals surface area contributed by atoms with Crippen molar-refractivity contribution in [2.45, 2.75) is 46.3 Å². The molecule has 0 fully saturated rings. The maximum atomic E-state index is 14.1. The predicted octanol–water partition coefficient (Wildman–Crippen LogP) is 5.96. The Morgan fingerprint density at radius 3 is 2.10 bits per heavy atom. The van der Waals surface area contributed by atoms with Gasteiger partial charge in [0.05, 0.1) is 23.6 Å². The van der Waals surface area contributed by atoms with Gasteiger partial charge in [-0.15, -0.1) is 0 Å². The molecule has 0 bridgehead atoms. The zero-order valence-electron chi connectivity index (χ0n) is 22.9. The molecular formula is C33H35N5O. The van der Waals surface area contributed by atoms with Crippen LogP contribution in [0.15, 0.2) is 108 Å². The van der Waals surface area contributed by atoms with Crippen molar-refractivity contribution < 1.29 is 0 Å². The number of benzene rings is 3. The van der Waals surface area contributed by atoms with E-state index >= 15 is 0 Å². The van der Waals surface area contributed by atoms with Crippen molar-refractivity contribution in [1.82, 2.24) is 24.0 Å². The van der Waals surface area contributed by atoms with Gasteiger partial charge in [-0.25, -0.2) is 9.97 Å². The fraction of sp³-hybridized carbons (Fsp3) is 0.242. The first-order chi connectivity index (χ1) is 19.2. The number of rotatable bonds is 6. The molecule has 6 heteroatoms. The fourth-order valence-electron chi connectivity index (χ4n) is 5.31. The predicted molar refractivity (Wildman–Crippen MR) is 156 cm³/mol. The monoisotopic (exact) mass is 517 g/mol. The average molecular weight is 518 g/mol. The third-order valence-electron chi connectivity index (χ3n) is 7.15. The van der Waals surface area contributed by atoms with Crippen LogP contribution in [0.3, 0.4) is 0 Å². The van der Waals surface area contributed by atoms with E-state index in [0.29, 0.717) is 6.54 Å². The molecule has 6 nitrogen and oxygen atoms in total. The largest absolute Gasteiger partial charge is 0.306 e. The molecule has 0 amide bonds. The molecule has 3 heterocycles. The van der Waals surface area contributed by atoms with Gasteiger partial charge in [0.15, 0.2) is 0 Å². The molecule has 5 aromatic rings. The first-order valence-electron chi connectivity index (χ1n) is 13.7. The first-order valence-corrected chi connectivity index (χ1v) is 13.7. The number of hydrogen-bond donors (Lipinski definition) is 0. The lowest BCUT2D eigenvalue weighted by Crippen LogP contribution is -2.40. The van der Waals surface area contributed by atoms with Crippen molar-refractivity contribution in [3.8, 4) is 5.69 Å². The second-order valence-corrected chi connectivity index (χ2v) is 9.58. The summed E-state index contributed by atoms with van der Waals surface area (Å²) in [5.74, 6) is 0.755. The fourth-order valence-corrected chi connectivity index (χ4v) is 5.31. The summed E-state index contributed by atoms with van der Waals surface area (Å²) in [6, 6.07) is 28.8. The maximum absolute atomic E-state index is 14.1. The summed E-state index contributed by atoms with van der Waals surface area (Å²) < 4.78 is 3.88. The van der Waals surface area contributed by atoms with Gasteiger partial charge in [-0.05, 0) is 35.7 Å². The molecule has 0 atom stereocenters. The summed E-state index contributed by atoms with van der Waals surface area (Å²) in [5, 5.41) is 0. The van der Waals surface area contributed by atoms with Crippen molar-refractivity contribution in [2.75, 3.05) is 6.54 Å². The summed E-state index contributed by atoms with van der Waals surface area (Å²) in [4.78, 5) is 25.5. The quantitative estimate of drug-likeness (QED) is 0.279. The molecule has 2 aromatic heterocycles. The Morgan fingerprint density at radius 2 is 1.51 bits per heavy atom. The Bertz CT molecular complexity index is 1500. The highest BCUT2D eigenvalue weighted by Gasteiger charge is 2.27. The SMILES string of the molecule is CC.Cc1nc2c(c(=O)n1C(c1ccccc1)c1ccccc1)CN(Cc1ccc(-n3ccnc3)cc1)CC2. The van der Waals surface area contributed by atoms with Gasteiger partial charge in [0, 0.05) is 44.1 Å². The zero-order valence-corrected chi connectivity index (χ0v) is 22.9. The van der Waals surface area contributed by atoms with Crippen molar-refractivity contribution in [2.24, 2.45) is 0 Å². The summed E-state index contributed by atoms with van der Waals surface area (Å²) in [6.45, 7) is 8.22. The summed E-state index contributed by atoms with van der Waals surface area (Å²) in [7, 11) is 0. The molecule has 3 aromatic carbocycles. The lowest BCUT2D eigenvalue weighted by atomic mass is 9.97. The second-order valence-electron chi connectivity index (χ2n) is 9.58. The van der Waals surface area contributed by atoms with Crippen molar-refractivity contribution in [3.63, 3.8) is 0 Å². The third-order valence-corrected chi connectivity index (χ3v) is 7.15. The highest BCUT2D eigenvalue weighted by molar-refractivity contribution is 5.36. The zero-order chi connectivity index (χ0) is 27.2.